The molecule has 0 spiro atoms. The van der Waals surface area contributed by atoms with Gasteiger partial charge in [0, 0.05) is 37.1 Å². The number of carbonyl (C=O) groups is 4. The van der Waals surface area contributed by atoms with Gasteiger partial charge in [-0.2, -0.15) is 4.31 Å². The first kappa shape index (κ1) is 53.6. The zero-order valence-electron chi connectivity index (χ0n) is 33.7. The summed E-state index contributed by atoms with van der Waals surface area (Å²) in [6, 6.07) is 0. The molecule has 30 heteroatoms. The predicted octanol–water partition coefficient (Wildman–Crippen LogP) is 0.978. The van der Waals surface area contributed by atoms with E-state index in [1.807, 2.05) is 6.08 Å². The molecule has 1 saturated heterocycles. The average Bonchev–Trinajstić information content (AvgIpc) is 3.75. The van der Waals surface area contributed by atoms with Crippen LogP contribution in [-0.2, 0) is 55.5 Å². The Balaban J connectivity index is 1.38. The number of aliphatic hydroxyl groups is 2. The second kappa shape index (κ2) is 24.5. The van der Waals surface area contributed by atoms with Crippen LogP contribution in [0.5, 0.6) is 0 Å². The number of phosphoric ester groups is 3. The quantitative estimate of drug-likeness (QED) is 0.0339. The molecule has 2 aromatic rings. The summed E-state index contributed by atoms with van der Waals surface area (Å²) in [5.74, 6) is -2.11. The first-order valence-corrected chi connectivity index (χ1v) is 24.2. The number of carboxylic acids is 1. The summed E-state index contributed by atoms with van der Waals surface area (Å²) in [4.78, 5) is 98.3. The molecule has 352 valence electrons. The van der Waals surface area contributed by atoms with Crippen LogP contribution in [0, 0.1) is 5.41 Å². The van der Waals surface area contributed by atoms with Crippen molar-refractivity contribution < 1.29 is 90.4 Å². The number of thioether (sulfide) groups is 1. The van der Waals surface area contributed by atoms with Gasteiger partial charge in [-0.3, -0.25) is 37.3 Å². The van der Waals surface area contributed by atoms with Gasteiger partial charge in [0.1, 0.15) is 36.3 Å². The lowest BCUT2D eigenvalue weighted by atomic mass is 9.87. The molecule has 1 aliphatic heterocycles. The summed E-state index contributed by atoms with van der Waals surface area (Å²) < 4.78 is 62.2. The molecule has 0 aliphatic carbocycles. The number of hydrogen-bond donors (Lipinski definition) is 10. The van der Waals surface area contributed by atoms with E-state index in [-0.39, 0.29) is 48.0 Å². The zero-order chi connectivity index (χ0) is 47.0. The van der Waals surface area contributed by atoms with Crippen molar-refractivity contribution in [1.29, 1.82) is 0 Å². The van der Waals surface area contributed by atoms with Gasteiger partial charge in [-0.1, -0.05) is 62.1 Å². The van der Waals surface area contributed by atoms with Gasteiger partial charge < -0.3 is 56.0 Å². The van der Waals surface area contributed by atoms with Crippen molar-refractivity contribution in [2.75, 3.05) is 37.8 Å². The van der Waals surface area contributed by atoms with Crippen molar-refractivity contribution in [3.05, 3.63) is 49.1 Å². The van der Waals surface area contributed by atoms with E-state index in [9.17, 15) is 62.7 Å². The van der Waals surface area contributed by atoms with Crippen molar-refractivity contribution in [1.82, 2.24) is 30.2 Å². The van der Waals surface area contributed by atoms with Gasteiger partial charge in [0.2, 0.25) is 11.8 Å². The number of nitrogens with one attached hydrogen (secondary N) is 2. The molecule has 1 aliphatic rings. The highest BCUT2D eigenvalue weighted by Gasteiger charge is 2.50. The van der Waals surface area contributed by atoms with Gasteiger partial charge in [0.25, 0.3) is 0 Å². The molecule has 0 bridgehead atoms. The number of nitrogen functional groups attached to an aromatic ring is 1. The fourth-order valence-corrected chi connectivity index (χ4v) is 8.83. The fraction of sp³-hybridized carbons (Fsp3) is 0.545. The Morgan fingerprint density at radius 1 is 0.984 bits per heavy atom. The van der Waals surface area contributed by atoms with E-state index in [4.69, 9.17) is 24.6 Å². The lowest BCUT2D eigenvalue weighted by Crippen LogP contribution is -2.46. The zero-order valence-corrected chi connectivity index (χ0v) is 37.2. The maximum atomic E-state index is 12.7. The van der Waals surface area contributed by atoms with Crippen LogP contribution in [0.3, 0.4) is 0 Å². The molecule has 0 saturated carbocycles. The van der Waals surface area contributed by atoms with Crippen molar-refractivity contribution in [2.24, 2.45) is 5.41 Å². The molecule has 2 aromatic heterocycles. The summed E-state index contributed by atoms with van der Waals surface area (Å²) in [7, 11) is -16.4. The number of nitrogens with two attached hydrogens (primary N) is 1. The van der Waals surface area contributed by atoms with Crippen LogP contribution >= 0.6 is 35.2 Å². The van der Waals surface area contributed by atoms with Crippen LogP contribution in [0.4, 0.5) is 5.82 Å². The smallest absolute Gasteiger partial charge is 0.481 e. The summed E-state index contributed by atoms with van der Waals surface area (Å²) in [6.07, 6.45) is 4.76. The maximum absolute atomic E-state index is 12.7. The lowest BCUT2D eigenvalue weighted by Gasteiger charge is -2.30. The van der Waals surface area contributed by atoms with Gasteiger partial charge in [0.05, 0.1) is 26.0 Å². The second-order valence-corrected chi connectivity index (χ2v) is 19.4. The molecule has 7 atom stereocenters. The third-order valence-electron chi connectivity index (χ3n) is 8.41. The number of allylic oxidation sites excluding steroid dienone is 5. The number of carboxylic acid groups (broad SMARTS) is 1. The van der Waals surface area contributed by atoms with E-state index in [2.05, 4.69) is 34.4 Å². The molecular formula is C33H50N7O19P3S. The van der Waals surface area contributed by atoms with Crippen molar-refractivity contribution >= 4 is 75.1 Å². The Kier molecular flexibility index (Phi) is 20.9. The van der Waals surface area contributed by atoms with E-state index in [1.165, 1.54) is 19.9 Å². The van der Waals surface area contributed by atoms with Crippen LogP contribution in [-0.4, -0.2) is 134 Å². The molecule has 7 unspecified atom stereocenters. The molecular weight excluding hydrogens is 923 g/mol. The monoisotopic (exact) mass is 973 g/mol. The number of imidazole rings is 1. The number of anilines is 1. The Labute approximate surface area is 363 Å². The normalized spacial score (nSPS) is 20.9. The van der Waals surface area contributed by atoms with Crippen LogP contribution < -0.4 is 16.4 Å². The van der Waals surface area contributed by atoms with Gasteiger partial charge in [0.15, 0.2) is 22.8 Å². The van der Waals surface area contributed by atoms with Crippen LogP contribution in [0.25, 0.3) is 11.2 Å². The highest BCUT2D eigenvalue weighted by atomic mass is 32.2. The number of phosphoric acid groups is 3. The van der Waals surface area contributed by atoms with Crippen molar-refractivity contribution in [2.45, 2.75) is 76.6 Å². The van der Waals surface area contributed by atoms with Gasteiger partial charge in [-0.25, -0.2) is 28.6 Å². The molecule has 11 N–H and O–H groups in total. The van der Waals surface area contributed by atoms with Crippen molar-refractivity contribution in [3.63, 3.8) is 0 Å². The molecule has 3 heterocycles. The molecule has 63 heavy (non-hydrogen) atoms. The predicted molar refractivity (Wildman–Crippen MR) is 221 cm³/mol. The number of carbonyl (C=O) groups excluding carboxylic acids is 3. The van der Waals surface area contributed by atoms with E-state index < -0.39 is 90.5 Å². The number of rotatable bonds is 27. The summed E-state index contributed by atoms with van der Waals surface area (Å²) in [5.41, 5.74) is 4.23. The Morgan fingerprint density at radius 2 is 1.67 bits per heavy atom. The topological polar surface area (TPSA) is 401 Å². The molecule has 1 fully saturated rings. The Morgan fingerprint density at radius 3 is 2.35 bits per heavy atom. The summed E-state index contributed by atoms with van der Waals surface area (Å²) >= 11 is 1.05. The summed E-state index contributed by atoms with van der Waals surface area (Å²) in [5, 5.41) is 34.9. The number of nitrogens with zero attached hydrogens (tertiary/aromatic N) is 4. The molecule has 0 radical (unpaired) electrons. The minimum atomic E-state index is -5.59. The average molecular weight is 974 g/mol. The molecule has 26 nitrogen and oxygen atoms in total. The van der Waals surface area contributed by atoms with Crippen molar-refractivity contribution in [3.8, 4) is 0 Å². The van der Waals surface area contributed by atoms with Gasteiger partial charge >= 0.3 is 29.4 Å². The SMILES string of the molecule is CC(C)(COP(=O)(O)OP(=O)(O)OCC1OC(n2cnc3c(N)ncnc32)C(O)C1OP(=O)(O)O)C(O)C(=O)NCCC(=O)NCCSC(=O)CCC/C=C/C=C/C=C/CC(=O)O. The van der Waals surface area contributed by atoms with E-state index >= 15 is 0 Å². The van der Waals surface area contributed by atoms with Gasteiger partial charge in [-0.15, -0.1) is 0 Å². The van der Waals surface area contributed by atoms with Gasteiger partial charge in [-0.05, 0) is 12.8 Å². The highest BCUT2D eigenvalue weighted by molar-refractivity contribution is 8.13. The van der Waals surface area contributed by atoms with Crippen LogP contribution in [0.15, 0.2) is 49.1 Å². The minimum absolute atomic E-state index is 0.0228. The number of unbranched alkanes of at least 4 members (excludes halogenated alkanes) is 1. The van der Waals surface area contributed by atoms with Crippen LogP contribution in [0.1, 0.15) is 52.2 Å². The molecule has 2 amide bonds. The van der Waals surface area contributed by atoms with E-state index in [0.29, 0.717) is 25.0 Å². The first-order chi connectivity index (χ1) is 29.4. The number of fused-ring (bicyclic) bond motifs is 1. The maximum Gasteiger partial charge on any atom is 0.481 e. The number of aliphatic carboxylic acids is 1. The minimum Gasteiger partial charge on any atom is -0.481 e. The van der Waals surface area contributed by atoms with E-state index in [0.717, 1.165) is 29.0 Å². The standard InChI is InChI=1S/C33H50N7O19P3S/c1-33(2,28(46)31(47)36-14-13-22(41)35-15-16-63-24(44)12-10-8-6-4-3-5-7-9-11-23(42)43)18-56-62(53,54)59-61(51,52)55-17-21-27(58-60(48,49)50)26(45)32(57-21)40-20-39-25-29(34)37-19-38-30(25)40/h3-7,9,19-21,26-28,32,45-46H,8,10-18H2,1-2H3,(H,35,41)(H,36,47)(H,42,43)(H,51,52)(H,53,54)(H2,34,37,38)(H2,48,49,50)/b5-3+,6-4+,9-7+. The van der Waals surface area contributed by atoms with Crippen LogP contribution in [0.2, 0.25) is 0 Å². The second-order valence-electron chi connectivity index (χ2n) is 14.0. The molecule has 3 rings (SSSR count). The number of ether oxygens (including phenoxy) is 1. The highest BCUT2D eigenvalue weighted by Crippen LogP contribution is 2.61. The first-order valence-electron chi connectivity index (χ1n) is 18.7. The lowest BCUT2D eigenvalue weighted by molar-refractivity contribution is -0.137. The number of aliphatic hydroxyl groups excluding tert-OH is 2. The molecule has 0 aromatic carbocycles. The number of hydrogen-bond acceptors (Lipinski definition) is 19. The van der Waals surface area contributed by atoms with E-state index in [1.54, 1.807) is 24.3 Å². The summed E-state index contributed by atoms with van der Waals surface area (Å²) in [6.45, 7) is 0.386. The Bertz CT molecular complexity index is 2130. The third kappa shape index (κ3) is 18.7. The number of aromatic nitrogens is 4. The fourth-order valence-electron chi connectivity index (χ4n) is 5.28. The largest absolute Gasteiger partial charge is 0.481 e. The third-order valence-corrected chi connectivity index (χ3v) is 12.4. The Hall–Kier alpha value is -3.75. The number of amides is 2.